The summed E-state index contributed by atoms with van der Waals surface area (Å²) >= 11 is 0. The number of aromatic nitrogens is 4. The summed E-state index contributed by atoms with van der Waals surface area (Å²) in [5, 5.41) is 10.1. The van der Waals surface area contributed by atoms with Crippen molar-refractivity contribution in [1.29, 1.82) is 0 Å². The molecule has 1 N–H and O–H groups in total. The number of nitrogens with zero attached hydrogens (tertiary/aromatic N) is 7. The van der Waals surface area contributed by atoms with Gasteiger partial charge in [-0.3, -0.25) is 9.36 Å². The summed E-state index contributed by atoms with van der Waals surface area (Å²) in [6, 6.07) is 13.1. The largest absolute Gasteiger partial charge is 0.459 e. The van der Waals surface area contributed by atoms with Gasteiger partial charge in [-0.1, -0.05) is 12.1 Å². The number of fused-ring (bicyclic) bond motifs is 1. The molecule has 2 saturated heterocycles. The fraction of sp³-hybridized carbons (Fsp3) is 0.360. The molecule has 6 rings (SSSR count). The third kappa shape index (κ3) is 4.16. The molecule has 0 atom stereocenters. The average molecular weight is 490 g/mol. The highest BCUT2D eigenvalue weighted by Gasteiger charge is 2.26. The number of carbonyl (C=O) groups is 1. The molecule has 1 aromatic carbocycles. The molecule has 0 bridgehead atoms. The molecule has 11 nitrogen and oxygen atoms in total. The standard InChI is InChI=1S/C25H27N7O4/c33-17-23-26-18-4-1-2-5-19(18)32(23)25-27-21(16-22(28-25)30-11-14-35-15-12-30)29-7-9-31(10-8-29)24(34)20-6-3-13-36-20/h1-6,13,16,33H,7-12,14-15,17H2. The van der Waals surface area contributed by atoms with Crippen molar-refractivity contribution in [2.75, 3.05) is 62.3 Å². The van der Waals surface area contributed by atoms with Gasteiger partial charge in [0.15, 0.2) is 5.76 Å². The summed E-state index contributed by atoms with van der Waals surface area (Å²) in [7, 11) is 0. The summed E-state index contributed by atoms with van der Waals surface area (Å²) < 4.78 is 12.6. The molecule has 2 fully saturated rings. The van der Waals surface area contributed by atoms with Crippen LogP contribution in [0, 0.1) is 0 Å². The molecule has 1 amide bonds. The van der Waals surface area contributed by atoms with Crippen molar-refractivity contribution in [1.82, 2.24) is 24.4 Å². The number of carbonyl (C=O) groups excluding carboxylic acids is 1. The minimum absolute atomic E-state index is 0.102. The highest BCUT2D eigenvalue weighted by Crippen LogP contribution is 2.26. The van der Waals surface area contributed by atoms with Crippen LogP contribution in [0.5, 0.6) is 0 Å². The van der Waals surface area contributed by atoms with E-state index in [0.717, 1.165) is 35.8 Å². The number of piperazine rings is 1. The highest BCUT2D eigenvalue weighted by molar-refractivity contribution is 5.91. The zero-order valence-corrected chi connectivity index (χ0v) is 19.8. The van der Waals surface area contributed by atoms with E-state index in [-0.39, 0.29) is 12.5 Å². The van der Waals surface area contributed by atoms with Crippen LogP contribution in [0.1, 0.15) is 16.4 Å². The number of benzene rings is 1. The van der Waals surface area contributed by atoms with E-state index < -0.39 is 0 Å². The number of hydrogen-bond acceptors (Lipinski definition) is 9. The molecular weight excluding hydrogens is 462 g/mol. The molecule has 36 heavy (non-hydrogen) atoms. The number of para-hydroxylation sites is 2. The maximum atomic E-state index is 12.7. The molecule has 186 valence electrons. The predicted molar refractivity (Wildman–Crippen MR) is 132 cm³/mol. The second-order valence-electron chi connectivity index (χ2n) is 8.75. The Kier molecular flexibility index (Phi) is 5.99. The van der Waals surface area contributed by atoms with E-state index in [1.54, 1.807) is 17.0 Å². The Bertz CT molecular complexity index is 1360. The van der Waals surface area contributed by atoms with Crippen LogP contribution in [0.25, 0.3) is 17.0 Å². The Balaban J connectivity index is 1.35. The maximum Gasteiger partial charge on any atom is 0.289 e. The SMILES string of the molecule is O=C(c1ccco1)N1CCN(c2cc(N3CCOCC3)nc(-n3c(CO)nc4ccccc43)n2)CC1. The van der Waals surface area contributed by atoms with Gasteiger partial charge >= 0.3 is 0 Å². The van der Waals surface area contributed by atoms with E-state index in [0.29, 0.717) is 56.9 Å². The lowest BCUT2D eigenvalue weighted by atomic mass is 10.2. The van der Waals surface area contributed by atoms with Gasteiger partial charge in [-0.2, -0.15) is 9.97 Å². The summed E-state index contributed by atoms with van der Waals surface area (Å²) in [6.07, 6.45) is 1.51. The first kappa shape index (κ1) is 22.5. The fourth-order valence-corrected chi connectivity index (χ4v) is 4.73. The lowest BCUT2D eigenvalue weighted by Crippen LogP contribution is -2.49. The predicted octanol–water partition coefficient (Wildman–Crippen LogP) is 1.70. The number of anilines is 2. The molecule has 5 heterocycles. The minimum Gasteiger partial charge on any atom is -0.459 e. The van der Waals surface area contributed by atoms with E-state index in [1.807, 2.05) is 34.9 Å². The summed E-state index contributed by atoms with van der Waals surface area (Å²) in [5.74, 6) is 2.76. The number of imidazole rings is 1. The smallest absolute Gasteiger partial charge is 0.289 e. The number of morpholine rings is 1. The molecule has 2 aliphatic heterocycles. The Morgan fingerprint density at radius 3 is 2.31 bits per heavy atom. The van der Waals surface area contributed by atoms with Crippen LogP contribution >= 0.6 is 0 Å². The number of ether oxygens (including phenoxy) is 1. The first-order chi connectivity index (χ1) is 17.7. The second-order valence-corrected chi connectivity index (χ2v) is 8.75. The Hall–Kier alpha value is -3.96. The minimum atomic E-state index is -0.233. The third-order valence-electron chi connectivity index (χ3n) is 6.62. The van der Waals surface area contributed by atoms with E-state index in [4.69, 9.17) is 19.1 Å². The van der Waals surface area contributed by atoms with E-state index in [2.05, 4.69) is 14.8 Å². The first-order valence-electron chi connectivity index (χ1n) is 12.1. The second kappa shape index (κ2) is 9.59. The lowest BCUT2D eigenvalue weighted by molar-refractivity contribution is 0.0714. The van der Waals surface area contributed by atoms with Gasteiger partial charge in [-0.15, -0.1) is 0 Å². The number of aliphatic hydroxyl groups excluding tert-OH is 1. The number of hydrogen-bond donors (Lipinski definition) is 1. The molecular formula is C25H27N7O4. The van der Waals surface area contributed by atoms with Crippen LogP contribution in [0.2, 0.25) is 0 Å². The quantitative estimate of drug-likeness (QED) is 0.447. The van der Waals surface area contributed by atoms with Crippen molar-refractivity contribution in [3.05, 3.63) is 60.3 Å². The van der Waals surface area contributed by atoms with Crippen LogP contribution in [0.15, 0.2) is 53.1 Å². The molecule has 0 spiro atoms. The van der Waals surface area contributed by atoms with Crippen molar-refractivity contribution in [3.63, 3.8) is 0 Å². The van der Waals surface area contributed by atoms with E-state index in [1.165, 1.54) is 6.26 Å². The topological polar surface area (TPSA) is 113 Å². The number of rotatable bonds is 5. The van der Waals surface area contributed by atoms with Crippen LogP contribution in [-0.4, -0.2) is 87.9 Å². The Labute approximate surface area is 207 Å². The lowest BCUT2D eigenvalue weighted by Gasteiger charge is -2.36. The summed E-state index contributed by atoms with van der Waals surface area (Å²) in [5.41, 5.74) is 1.61. The summed E-state index contributed by atoms with van der Waals surface area (Å²) in [4.78, 5) is 33.3. The van der Waals surface area contributed by atoms with Gasteiger partial charge in [-0.05, 0) is 24.3 Å². The van der Waals surface area contributed by atoms with Crippen LogP contribution < -0.4 is 9.80 Å². The Morgan fingerprint density at radius 2 is 1.61 bits per heavy atom. The number of aliphatic hydroxyl groups is 1. The van der Waals surface area contributed by atoms with Crippen molar-refractivity contribution in [3.8, 4) is 5.95 Å². The Morgan fingerprint density at radius 1 is 0.889 bits per heavy atom. The monoisotopic (exact) mass is 489 g/mol. The third-order valence-corrected chi connectivity index (χ3v) is 6.62. The number of amides is 1. The molecule has 4 aromatic rings. The number of furan rings is 1. The maximum absolute atomic E-state index is 12.7. The molecule has 0 radical (unpaired) electrons. The van der Waals surface area contributed by atoms with Crippen molar-refractivity contribution in [2.24, 2.45) is 0 Å². The molecule has 0 unspecified atom stereocenters. The van der Waals surface area contributed by atoms with Gasteiger partial charge in [0.1, 0.15) is 24.1 Å². The normalized spacial score (nSPS) is 16.6. The molecule has 0 aliphatic carbocycles. The fourth-order valence-electron chi connectivity index (χ4n) is 4.73. The van der Waals surface area contributed by atoms with Gasteiger partial charge in [0, 0.05) is 45.3 Å². The van der Waals surface area contributed by atoms with Gasteiger partial charge in [0.2, 0.25) is 5.95 Å². The van der Waals surface area contributed by atoms with Crippen LogP contribution in [-0.2, 0) is 11.3 Å². The first-order valence-corrected chi connectivity index (χ1v) is 12.1. The van der Waals surface area contributed by atoms with Crippen molar-refractivity contribution in [2.45, 2.75) is 6.61 Å². The van der Waals surface area contributed by atoms with Crippen molar-refractivity contribution < 1.29 is 19.1 Å². The van der Waals surface area contributed by atoms with Gasteiger partial charge in [0.05, 0.1) is 30.5 Å². The zero-order valence-electron chi connectivity index (χ0n) is 19.8. The molecule has 0 saturated carbocycles. The van der Waals surface area contributed by atoms with Gasteiger partial charge < -0.3 is 29.0 Å². The molecule has 3 aromatic heterocycles. The van der Waals surface area contributed by atoms with E-state index >= 15 is 0 Å². The highest BCUT2D eigenvalue weighted by atomic mass is 16.5. The van der Waals surface area contributed by atoms with Crippen LogP contribution in [0.3, 0.4) is 0 Å². The van der Waals surface area contributed by atoms with Crippen LogP contribution in [0.4, 0.5) is 11.6 Å². The van der Waals surface area contributed by atoms with Gasteiger partial charge in [-0.25, -0.2) is 4.98 Å². The van der Waals surface area contributed by atoms with Gasteiger partial charge in [0.25, 0.3) is 5.91 Å². The van der Waals surface area contributed by atoms with Crippen molar-refractivity contribution >= 4 is 28.6 Å². The molecule has 2 aliphatic rings. The summed E-state index contributed by atoms with van der Waals surface area (Å²) in [6.45, 7) is 4.88. The molecule has 11 heteroatoms. The average Bonchev–Trinajstić information content (AvgIpc) is 3.61. The van der Waals surface area contributed by atoms with E-state index in [9.17, 15) is 9.90 Å². The zero-order chi connectivity index (χ0) is 24.5.